The molecule has 0 aliphatic heterocycles. The number of nitrogens with zero attached hydrogens (tertiary/aromatic N) is 3. The van der Waals surface area contributed by atoms with Crippen molar-refractivity contribution >= 4 is 29.0 Å². The fourth-order valence-corrected chi connectivity index (χ4v) is 3.86. The SMILES string of the molecule is C=CCc1ccccc1OCCSc1nc(-c2ccc(Cl)cc2)nc2cc(=O)[nH]n12. The van der Waals surface area contributed by atoms with Crippen molar-refractivity contribution in [2.45, 2.75) is 11.6 Å². The first-order valence-corrected chi connectivity index (χ1v) is 10.7. The number of benzene rings is 2. The average Bonchev–Trinajstić information content (AvgIpc) is 3.13. The monoisotopic (exact) mass is 438 g/mol. The van der Waals surface area contributed by atoms with Crippen LogP contribution >= 0.6 is 23.4 Å². The van der Waals surface area contributed by atoms with Crippen LogP contribution in [0.15, 0.2) is 77.2 Å². The van der Waals surface area contributed by atoms with Crippen molar-refractivity contribution < 1.29 is 4.74 Å². The molecule has 4 rings (SSSR count). The van der Waals surface area contributed by atoms with Gasteiger partial charge in [-0.3, -0.25) is 9.89 Å². The fourth-order valence-electron chi connectivity index (χ4n) is 2.96. The molecule has 0 aliphatic carbocycles. The molecule has 30 heavy (non-hydrogen) atoms. The summed E-state index contributed by atoms with van der Waals surface area (Å²) in [6.07, 6.45) is 2.61. The molecular weight excluding hydrogens is 420 g/mol. The number of hydrogen-bond donors (Lipinski definition) is 1. The minimum Gasteiger partial charge on any atom is -0.492 e. The van der Waals surface area contributed by atoms with Gasteiger partial charge in [-0.05, 0) is 42.3 Å². The second kappa shape index (κ2) is 9.19. The maximum absolute atomic E-state index is 11.8. The van der Waals surface area contributed by atoms with Gasteiger partial charge >= 0.3 is 0 Å². The molecule has 0 aliphatic rings. The predicted molar refractivity (Wildman–Crippen MR) is 121 cm³/mol. The Morgan fingerprint density at radius 1 is 1.17 bits per heavy atom. The van der Waals surface area contributed by atoms with Crippen LogP contribution in [0.3, 0.4) is 0 Å². The van der Waals surface area contributed by atoms with Crippen molar-refractivity contribution in [2.75, 3.05) is 12.4 Å². The lowest BCUT2D eigenvalue weighted by molar-refractivity contribution is 0.340. The summed E-state index contributed by atoms with van der Waals surface area (Å²) in [5.74, 6) is 2.03. The Labute approximate surface area is 182 Å². The van der Waals surface area contributed by atoms with Crippen molar-refractivity contribution in [3.05, 3.63) is 88.2 Å². The second-order valence-corrected chi connectivity index (χ2v) is 7.95. The number of para-hydroxylation sites is 1. The average molecular weight is 439 g/mol. The zero-order chi connectivity index (χ0) is 20.9. The molecule has 4 aromatic rings. The molecule has 0 radical (unpaired) electrons. The van der Waals surface area contributed by atoms with E-state index in [1.165, 1.54) is 17.8 Å². The lowest BCUT2D eigenvalue weighted by Gasteiger charge is -2.11. The van der Waals surface area contributed by atoms with Gasteiger partial charge in [-0.25, -0.2) is 14.5 Å². The van der Waals surface area contributed by atoms with Gasteiger partial charge in [0.05, 0.1) is 6.61 Å². The smallest absolute Gasteiger partial charge is 0.266 e. The highest BCUT2D eigenvalue weighted by atomic mass is 35.5. The van der Waals surface area contributed by atoms with Gasteiger partial charge in [-0.2, -0.15) is 0 Å². The van der Waals surface area contributed by atoms with E-state index in [1.54, 1.807) is 16.6 Å². The third-order valence-electron chi connectivity index (χ3n) is 4.34. The Balaban J connectivity index is 1.53. The summed E-state index contributed by atoms with van der Waals surface area (Å²) in [6, 6.07) is 16.7. The zero-order valence-corrected chi connectivity index (χ0v) is 17.6. The van der Waals surface area contributed by atoms with Crippen LogP contribution in [0.2, 0.25) is 5.02 Å². The molecule has 0 atom stereocenters. The van der Waals surface area contributed by atoms with E-state index in [9.17, 15) is 4.79 Å². The lowest BCUT2D eigenvalue weighted by Crippen LogP contribution is -2.07. The molecule has 6 nitrogen and oxygen atoms in total. The molecule has 0 saturated carbocycles. The Morgan fingerprint density at radius 2 is 1.97 bits per heavy atom. The summed E-state index contributed by atoms with van der Waals surface area (Å²) in [5, 5.41) is 4.02. The second-order valence-electron chi connectivity index (χ2n) is 6.45. The van der Waals surface area contributed by atoms with Crippen molar-refractivity contribution in [1.82, 2.24) is 19.6 Å². The molecule has 0 fully saturated rings. The molecule has 0 unspecified atom stereocenters. The minimum absolute atomic E-state index is 0.228. The number of aromatic nitrogens is 4. The zero-order valence-electron chi connectivity index (χ0n) is 16.0. The van der Waals surface area contributed by atoms with Crippen LogP contribution in [0.4, 0.5) is 0 Å². The van der Waals surface area contributed by atoms with Crippen molar-refractivity contribution in [3.63, 3.8) is 0 Å². The molecule has 0 saturated heterocycles. The van der Waals surface area contributed by atoms with Crippen LogP contribution in [0, 0.1) is 0 Å². The number of allylic oxidation sites excluding steroid dienone is 1. The lowest BCUT2D eigenvalue weighted by atomic mass is 10.1. The normalized spacial score (nSPS) is 11.0. The number of hydrogen-bond acceptors (Lipinski definition) is 5. The van der Waals surface area contributed by atoms with E-state index in [2.05, 4.69) is 21.6 Å². The van der Waals surface area contributed by atoms with Crippen LogP contribution in [0.5, 0.6) is 5.75 Å². The summed E-state index contributed by atoms with van der Waals surface area (Å²) in [5.41, 5.74) is 2.21. The number of halogens is 1. The van der Waals surface area contributed by atoms with Gasteiger partial charge < -0.3 is 4.74 Å². The van der Waals surface area contributed by atoms with E-state index >= 15 is 0 Å². The minimum atomic E-state index is -0.228. The fraction of sp³-hybridized carbons (Fsp3) is 0.136. The maximum Gasteiger partial charge on any atom is 0.266 e. The van der Waals surface area contributed by atoms with Gasteiger partial charge in [0.2, 0.25) is 0 Å². The van der Waals surface area contributed by atoms with Gasteiger partial charge in [0.1, 0.15) is 5.75 Å². The highest BCUT2D eigenvalue weighted by molar-refractivity contribution is 7.99. The molecule has 152 valence electrons. The van der Waals surface area contributed by atoms with Crippen molar-refractivity contribution in [2.24, 2.45) is 0 Å². The van der Waals surface area contributed by atoms with Crippen molar-refractivity contribution in [1.29, 1.82) is 0 Å². The van der Waals surface area contributed by atoms with Crippen LogP contribution < -0.4 is 10.3 Å². The molecule has 8 heteroatoms. The molecule has 0 spiro atoms. The standard InChI is InChI=1S/C22H19ClN4O2S/c1-2-5-15-6-3-4-7-18(15)29-12-13-30-22-25-21(16-8-10-17(23)11-9-16)24-19-14-20(28)26-27(19)22/h2-4,6-11,14H,1,5,12-13H2,(H,26,28). The van der Waals surface area contributed by atoms with Crippen molar-refractivity contribution in [3.8, 4) is 17.1 Å². The predicted octanol–water partition coefficient (Wildman–Crippen LogP) is 4.64. The van der Waals surface area contributed by atoms with E-state index in [4.69, 9.17) is 16.3 Å². The molecular formula is C22H19ClN4O2S. The highest BCUT2D eigenvalue weighted by Gasteiger charge is 2.12. The summed E-state index contributed by atoms with van der Waals surface area (Å²) >= 11 is 7.46. The Bertz CT molecular complexity index is 1230. The number of aromatic amines is 1. The van der Waals surface area contributed by atoms with E-state index in [0.29, 0.717) is 34.0 Å². The molecule has 2 heterocycles. The van der Waals surface area contributed by atoms with E-state index in [-0.39, 0.29) is 5.56 Å². The van der Waals surface area contributed by atoms with Crippen LogP contribution in [-0.2, 0) is 6.42 Å². The van der Waals surface area contributed by atoms with Gasteiger partial charge in [0.25, 0.3) is 5.56 Å². The third-order valence-corrected chi connectivity index (χ3v) is 5.49. The number of nitrogens with one attached hydrogen (secondary N) is 1. The molecule has 2 aromatic carbocycles. The van der Waals surface area contributed by atoms with Crippen LogP contribution in [0.1, 0.15) is 5.56 Å². The Hall–Kier alpha value is -3.03. The number of H-pyrrole nitrogens is 1. The topological polar surface area (TPSA) is 72.3 Å². The van der Waals surface area contributed by atoms with Gasteiger partial charge in [0.15, 0.2) is 16.6 Å². The summed E-state index contributed by atoms with van der Waals surface area (Å²) in [4.78, 5) is 21.0. The summed E-state index contributed by atoms with van der Waals surface area (Å²) in [6.45, 7) is 4.28. The largest absolute Gasteiger partial charge is 0.492 e. The summed E-state index contributed by atoms with van der Waals surface area (Å²) in [7, 11) is 0. The molecule has 2 aromatic heterocycles. The van der Waals surface area contributed by atoms with Gasteiger partial charge in [-0.15, -0.1) is 6.58 Å². The first-order chi connectivity index (χ1) is 14.6. The molecule has 1 N–H and O–H groups in total. The first-order valence-electron chi connectivity index (χ1n) is 9.34. The first kappa shape index (κ1) is 20.3. The van der Waals surface area contributed by atoms with E-state index in [1.807, 2.05) is 42.5 Å². The Kier molecular flexibility index (Phi) is 6.21. The quantitative estimate of drug-likeness (QED) is 0.246. The van der Waals surface area contributed by atoms with Gasteiger partial charge in [0, 0.05) is 22.4 Å². The molecule has 0 bridgehead atoms. The Morgan fingerprint density at radius 3 is 2.77 bits per heavy atom. The maximum atomic E-state index is 11.8. The number of thioether (sulfide) groups is 1. The van der Waals surface area contributed by atoms with Crippen LogP contribution in [0.25, 0.3) is 17.0 Å². The number of ether oxygens (including phenoxy) is 1. The van der Waals surface area contributed by atoms with E-state index < -0.39 is 0 Å². The number of fused-ring (bicyclic) bond motifs is 1. The number of rotatable bonds is 8. The molecule has 0 amide bonds. The summed E-state index contributed by atoms with van der Waals surface area (Å²) < 4.78 is 7.54. The third kappa shape index (κ3) is 4.58. The van der Waals surface area contributed by atoms with Crippen LogP contribution in [-0.4, -0.2) is 31.9 Å². The van der Waals surface area contributed by atoms with E-state index in [0.717, 1.165) is 23.3 Å². The highest BCUT2D eigenvalue weighted by Crippen LogP contribution is 2.24. The van der Waals surface area contributed by atoms with Gasteiger partial charge in [-0.1, -0.05) is 47.6 Å².